The van der Waals surface area contributed by atoms with Crippen LogP contribution in [0.15, 0.2) is 5.28 Å². The lowest BCUT2D eigenvalue weighted by molar-refractivity contribution is -0.153. The van der Waals surface area contributed by atoms with E-state index < -0.39 is 11.9 Å². The Morgan fingerprint density at radius 2 is 2.22 bits per heavy atom. The molecule has 2 N–H and O–H groups in total. The van der Waals surface area contributed by atoms with Gasteiger partial charge in [0.1, 0.15) is 5.28 Å². The normalized spacial score (nSPS) is 7.11. The number of nitrogens with two attached hydrogens (primary N) is 1. The first kappa shape index (κ1) is 7.25. The Balaban J connectivity index is 3.78. The molecule has 0 saturated heterocycles. The van der Waals surface area contributed by atoms with E-state index in [0.717, 1.165) is 0 Å². The van der Waals surface area contributed by atoms with E-state index in [2.05, 4.69) is 15.8 Å². The molecule has 48 valence electrons. The Bertz CT molecular complexity index is 180. The van der Waals surface area contributed by atoms with Gasteiger partial charge in [-0.2, -0.15) is 0 Å². The minimum absolute atomic E-state index is 1.30. The Morgan fingerprint density at radius 1 is 1.67 bits per heavy atom. The number of rotatable bonds is 1. The second-order valence-electron chi connectivity index (χ2n) is 0.914. The van der Waals surface area contributed by atoms with Crippen LogP contribution in [0.25, 0.3) is 10.4 Å². The van der Waals surface area contributed by atoms with Crippen molar-refractivity contribution in [3.8, 4) is 0 Å². The van der Waals surface area contributed by atoms with Crippen molar-refractivity contribution in [2.45, 2.75) is 0 Å². The van der Waals surface area contributed by atoms with Crippen LogP contribution in [-0.4, -0.2) is 11.9 Å². The van der Waals surface area contributed by atoms with E-state index in [1.54, 1.807) is 0 Å². The quantitative estimate of drug-likeness (QED) is 0.165. The summed E-state index contributed by atoms with van der Waals surface area (Å²) >= 11 is 0. The standard InChI is InChI=1S/C2H2N4O3/c3-1(7)2(8)9-6-5-4/h(H2,3,7). The van der Waals surface area contributed by atoms with Crippen LogP contribution in [0.4, 0.5) is 0 Å². The van der Waals surface area contributed by atoms with Gasteiger partial charge in [0.15, 0.2) is 0 Å². The fourth-order valence-corrected chi connectivity index (χ4v) is 0.100. The number of hydrogen-bond donors (Lipinski definition) is 1. The van der Waals surface area contributed by atoms with Crippen molar-refractivity contribution in [1.82, 2.24) is 0 Å². The van der Waals surface area contributed by atoms with E-state index in [1.165, 1.54) is 0 Å². The van der Waals surface area contributed by atoms with Crippen molar-refractivity contribution < 1.29 is 14.4 Å². The van der Waals surface area contributed by atoms with Gasteiger partial charge < -0.3 is 10.6 Å². The average molecular weight is 130 g/mol. The third-order valence-electron chi connectivity index (χ3n) is 0.361. The predicted octanol–water partition coefficient (Wildman–Crippen LogP) is -0.760. The summed E-state index contributed by atoms with van der Waals surface area (Å²) in [4.78, 5) is 25.3. The van der Waals surface area contributed by atoms with Gasteiger partial charge in [0.2, 0.25) is 0 Å². The van der Waals surface area contributed by atoms with Crippen molar-refractivity contribution in [2.75, 3.05) is 0 Å². The molecule has 7 heteroatoms. The first-order valence-electron chi connectivity index (χ1n) is 1.73. The molecule has 0 aromatic carbocycles. The molecule has 7 nitrogen and oxygen atoms in total. The highest BCUT2D eigenvalue weighted by atomic mass is 16.7. The molecule has 0 unspecified atom stereocenters. The van der Waals surface area contributed by atoms with Crippen molar-refractivity contribution >= 4 is 11.9 Å². The maximum absolute atomic E-state index is 9.94. The van der Waals surface area contributed by atoms with Gasteiger partial charge in [0, 0.05) is 4.91 Å². The second kappa shape index (κ2) is 3.28. The summed E-state index contributed by atoms with van der Waals surface area (Å²) in [5.41, 5.74) is 11.9. The van der Waals surface area contributed by atoms with Gasteiger partial charge in [-0.15, -0.1) is 0 Å². The lowest BCUT2D eigenvalue weighted by Crippen LogP contribution is -2.23. The highest BCUT2D eigenvalue weighted by molar-refractivity contribution is 6.31. The van der Waals surface area contributed by atoms with Gasteiger partial charge in [0.05, 0.1) is 0 Å². The fraction of sp³-hybridized carbons (Fsp3) is 0. The summed E-state index contributed by atoms with van der Waals surface area (Å²) in [6, 6.07) is 0. The maximum atomic E-state index is 9.94. The predicted molar refractivity (Wildman–Crippen MR) is 24.4 cm³/mol. The van der Waals surface area contributed by atoms with Crippen LogP contribution in [0.1, 0.15) is 0 Å². The molecule has 0 atom stereocenters. The molecule has 0 spiro atoms. The topological polar surface area (TPSA) is 118 Å². The number of carbonyl (C=O) groups excluding carboxylic acids is 2. The highest BCUT2D eigenvalue weighted by Crippen LogP contribution is 1.76. The zero-order valence-corrected chi connectivity index (χ0v) is 4.14. The van der Waals surface area contributed by atoms with Crippen LogP contribution in [0.3, 0.4) is 0 Å². The van der Waals surface area contributed by atoms with Crippen LogP contribution in [0, 0.1) is 0 Å². The number of carbonyl (C=O) groups is 2. The minimum Gasteiger partial charge on any atom is -0.360 e. The zero-order valence-electron chi connectivity index (χ0n) is 4.14. The first-order chi connectivity index (χ1) is 4.18. The lowest BCUT2D eigenvalue weighted by Gasteiger charge is -1.85. The third kappa shape index (κ3) is 2.89. The van der Waals surface area contributed by atoms with E-state index in [9.17, 15) is 9.59 Å². The molecule has 0 aromatic heterocycles. The molecule has 0 heterocycles. The molecular formula is C2H2N4O3. The molecule has 0 aliphatic heterocycles. The fourth-order valence-electron chi connectivity index (χ4n) is 0.100. The van der Waals surface area contributed by atoms with Gasteiger partial charge in [0.25, 0.3) is 0 Å². The summed E-state index contributed by atoms with van der Waals surface area (Å²) in [5.74, 6) is -2.68. The van der Waals surface area contributed by atoms with E-state index >= 15 is 0 Å². The number of nitrogens with zero attached hydrogens (tertiary/aromatic N) is 3. The van der Waals surface area contributed by atoms with Gasteiger partial charge in [-0.3, -0.25) is 4.79 Å². The lowest BCUT2D eigenvalue weighted by atomic mass is 10.7. The molecule has 0 aromatic rings. The Labute approximate surface area is 49.0 Å². The van der Waals surface area contributed by atoms with Crippen LogP contribution < -0.4 is 5.73 Å². The van der Waals surface area contributed by atoms with Gasteiger partial charge in [-0.1, -0.05) is 0 Å². The minimum atomic E-state index is -1.38. The Hall–Kier alpha value is -1.75. The molecule has 0 aliphatic carbocycles. The van der Waals surface area contributed by atoms with Crippen molar-refractivity contribution in [2.24, 2.45) is 11.0 Å². The van der Waals surface area contributed by atoms with Gasteiger partial charge >= 0.3 is 11.9 Å². The van der Waals surface area contributed by atoms with Crippen molar-refractivity contribution in [3.05, 3.63) is 10.4 Å². The van der Waals surface area contributed by atoms with Crippen LogP contribution in [0.5, 0.6) is 0 Å². The summed E-state index contributed by atoms with van der Waals surface area (Å²) in [6.07, 6.45) is 0. The van der Waals surface area contributed by atoms with Crippen LogP contribution >= 0.6 is 0 Å². The zero-order chi connectivity index (χ0) is 7.28. The Kier molecular flexibility index (Phi) is 2.64. The second-order valence-corrected chi connectivity index (χ2v) is 0.914. The molecule has 0 aliphatic rings. The van der Waals surface area contributed by atoms with Crippen molar-refractivity contribution in [3.63, 3.8) is 0 Å². The van der Waals surface area contributed by atoms with E-state index in [-0.39, 0.29) is 0 Å². The average Bonchev–Trinajstić information content (AvgIpc) is 1.82. The SMILES string of the molecule is [N-]=[N+]=NOC(=O)C(N)=O. The molecule has 0 saturated carbocycles. The smallest absolute Gasteiger partial charge is 0.360 e. The highest BCUT2D eigenvalue weighted by Gasteiger charge is 2.07. The summed E-state index contributed by atoms with van der Waals surface area (Å²) < 4.78 is 0. The summed E-state index contributed by atoms with van der Waals surface area (Å²) in [5, 5.41) is 2.32. The molecule has 9 heavy (non-hydrogen) atoms. The number of amides is 1. The Morgan fingerprint density at radius 3 is 2.56 bits per heavy atom. The summed E-state index contributed by atoms with van der Waals surface area (Å²) in [7, 11) is 0. The molecule has 0 rings (SSSR count). The molecule has 0 radical (unpaired) electrons. The molecule has 0 fully saturated rings. The van der Waals surface area contributed by atoms with Crippen molar-refractivity contribution in [1.29, 1.82) is 0 Å². The molecular weight excluding hydrogens is 128 g/mol. The van der Waals surface area contributed by atoms with Gasteiger partial charge in [-0.05, 0) is 5.53 Å². The van der Waals surface area contributed by atoms with E-state index in [0.29, 0.717) is 0 Å². The number of azide groups is 1. The maximum Gasteiger partial charge on any atom is 0.408 e. The first-order valence-corrected chi connectivity index (χ1v) is 1.73. The van der Waals surface area contributed by atoms with Gasteiger partial charge in [-0.25, -0.2) is 4.79 Å². The van der Waals surface area contributed by atoms with E-state index in [1.807, 2.05) is 4.91 Å². The molecule has 1 amide bonds. The third-order valence-corrected chi connectivity index (χ3v) is 0.361. The number of hydrogen-bond acceptors (Lipinski definition) is 4. The largest absolute Gasteiger partial charge is 0.408 e. The van der Waals surface area contributed by atoms with Crippen LogP contribution in [-0.2, 0) is 14.4 Å². The molecule has 0 bridgehead atoms. The monoisotopic (exact) mass is 130 g/mol. The van der Waals surface area contributed by atoms with E-state index in [4.69, 9.17) is 5.53 Å². The number of primary amides is 1. The van der Waals surface area contributed by atoms with Crippen LogP contribution in [0.2, 0.25) is 0 Å². The summed E-state index contributed by atoms with van der Waals surface area (Å²) in [6.45, 7) is 0.